The summed E-state index contributed by atoms with van der Waals surface area (Å²) in [5.74, 6) is 0. The molecule has 5 heteroatoms. The topological polar surface area (TPSA) is 48.6 Å². The lowest BCUT2D eigenvalue weighted by atomic mass is 10.4. The normalized spacial score (nSPS) is 17.0. The smallest absolute Gasteiger partial charge is 0.177 e. The van der Waals surface area contributed by atoms with E-state index in [9.17, 15) is 0 Å². The average molecular weight is 172 g/mol. The molecule has 11 heavy (non-hydrogen) atoms. The van der Waals surface area contributed by atoms with Crippen LogP contribution in [0.1, 0.15) is 0 Å². The molecular formula is C6H6ClN3O. The number of nitrogens with zero attached hydrogens (tertiary/aromatic N) is 3. The van der Waals surface area contributed by atoms with Crippen molar-refractivity contribution >= 4 is 17.8 Å². The minimum Gasteiger partial charge on any atom is -0.275 e. The molecule has 0 fully saturated rings. The van der Waals surface area contributed by atoms with Gasteiger partial charge in [0.05, 0.1) is 13.7 Å². The Morgan fingerprint density at radius 3 is 3.18 bits per heavy atom. The quantitative estimate of drug-likeness (QED) is 0.550. The highest BCUT2D eigenvalue weighted by Gasteiger charge is 2.14. The van der Waals surface area contributed by atoms with E-state index in [2.05, 4.69) is 4.99 Å². The van der Waals surface area contributed by atoms with Gasteiger partial charge in [-0.1, -0.05) is 11.6 Å². The Balaban J connectivity index is 2.90. The van der Waals surface area contributed by atoms with Crippen molar-refractivity contribution in [1.29, 1.82) is 5.26 Å². The van der Waals surface area contributed by atoms with Crippen molar-refractivity contribution in [3.8, 4) is 6.07 Å². The second kappa shape index (κ2) is 3.37. The van der Waals surface area contributed by atoms with E-state index < -0.39 is 0 Å². The number of hydrogen-bond acceptors (Lipinski definition) is 4. The summed E-state index contributed by atoms with van der Waals surface area (Å²) in [4.78, 5) is 8.60. The lowest BCUT2D eigenvalue weighted by molar-refractivity contribution is -0.0805. The molecule has 0 bridgehead atoms. The Morgan fingerprint density at radius 1 is 1.91 bits per heavy atom. The molecule has 0 N–H and O–H groups in total. The van der Waals surface area contributed by atoms with Crippen LogP contribution >= 0.6 is 11.6 Å². The monoisotopic (exact) mass is 171 g/mol. The molecule has 4 nitrogen and oxygen atoms in total. The number of allylic oxidation sites excluding steroid dienone is 1. The van der Waals surface area contributed by atoms with E-state index in [-0.39, 0.29) is 10.9 Å². The van der Waals surface area contributed by atoms with E-state index in [1.54, 1.807) is 6.21 Å². The van der Waals surface area contributed by atoms with Gasteiger partial charge in [0, 0.05) is 6.21 Å². The summed E-state index contributed by atoms with van der Waals surface area (Å²) in [7, 11) is 1.48. The number of aliphatic imine (C=N–C) groups is 1. The molecule has 1 aliphatic heterocycles. The highest BCUT2D eigenvalue weighted by molar-refractivity contribution is 6.29. The molecule has 0 aliphatic carbocycles. The van der Waals surface area contributed by atoms with E-state index in [0.29, 0.717) is 6.54 Å². The summed E-state index contributed by atoms with van der Waals surface area (Å²) in [6.07, 6.45) is 1.56. The first-order valence-electron chi connectivity index (χ1n) is 2.93. The molecule has 1 aliphatic rings. The molecule has 0 aromatic carbocycles. The first kappa shape index (κ1) is 8.05. The lowest BCUT2D eigenvalue weighted by Crippen LogP contribution is -2.24. The predicted molar refractivity (Wildman–Crippen MR) is 40.7 cm³/mol. The van der Waals surface area contributed by atoms with E-state index >= 15 is 0 Å². The van der Waals surface area contributed by atoms with Gasteiger partial charge in [-0.2, -0.15) is 5.26 Å². The molecule has 58 valence electrons. The SMILES string of the molecule is CON1CC=NC(C#N)=C1Cl. The Labute approximate surface area is 69.3 Å². The standard InChI is InChI=1S/C6H6ClN3O/c1-11-10-3-2-9-5(4-8)6(10)7/h2H,3H2,1H3. The Bertz CT molecular complexity index is 253. The van der Waals surface area contributed by atoms with E-state index in [1.807, 2.05) is 6.07 Å². The van der Waals surface area contributed by atoms with Gasteiger partial charge in [-0.15, -0.1) is 0 Å². The van der Waals surface area contributed by atoms with Crippen molar-refractivity contribution < 1.29 is 4.84 Å². The van der Waals surface area contributed by atoms with Crippen LogP contribution in [0, 0.1) is 11.3 Å². The van der Waals surface area contributed by atoms with E-state index in [1.165, 1.54) is 12.2 Å². The first-order valence-corrected chi connectivity index (χ1v) is 3.31. The Morgan fingerprint density at radius 2 is 2.64 bits per heavy atom. The summed E-state index contributed by atoms with van der Waals surface area (Å²) >= 11 is 5.69. The molecule has 0 aromatic rings. The summed E-state index contributed by atoms with van der Waals surface area (Å²) < 4.78 is 0. The van der Waals surface area contributed by atoms with Crippen LogP contribution in [0.15, 0.2) is 15.8 Å². The van der Waals surface area contributed by atoms with E-state index in [4.69, 9.17) is 21.7 Å². The third-order valence-corrected chi connectivity index (χ3v) is 1.58. The molecule has 0 spiro atoms. The van der Waals surface area contributed by atoms with Crippen molar-refractivity contribution in [3.05, 3.63) is 10.9 Å². The van der Waals surface area contributed by atoms with Gasteiger partial charge >= 0.3 is 0 Å². The second-order valence-electron chi connectivity index (χ2n) is 1.81. The van der Waals surface area contributed by atoms with Crippen LogP contribution in [-0.2, 0) is 4.84 Å². The van der Waals surface area contributed by atoms with Gasteiger partial charge in [-0.25, -0.2) is 10.1 Å². The Hall–Kier alpha value is -1.05. The van der Waals surface area contributed by atoms with Gasteiger partial charge in [0.1, 0.15) is 6.07 Å². The van der Waals surface area contributed by atoms with Crippen molar-refractivity contribution in [2.45, 2.75) is 0 Å². The molecule has 0 amide bonds. The number of rotatable bonds is 1. The minimum atomic E-state index is 0.180. The van der Waals surface area contributed by atoms with Crippen LogP contribution in [0.4, 0.5) is 0 Å². The molecule has 0 unspecified atom stereocenters. The van der Waals surface area contributed by atoms with Crippen LogP contribution in [0.3, 0.4) is 0 Å². The van der Waals surface area contributed by atoms with Crippen LogP contribution < -0.4 is 0 Å². The van der Waals surface area contributed by atoms with Crippen molar-refractivity contribution in [2.75, 3.05) is 13.7 Å². The van der Waals surface area contributed by atoms with Gasteiger partial charge in [-0.3, -0.25) is 4.84 Å². The summed E-state index contributed by atoms with van der Waals surface area (Å²) in [6.45, 7) is 0.473. The zero-order valence-corrected chi connectivity index (χ0v) is 6.67. The summed E-state index contributed by atoms with van der Waals surface area (Å²) in [5.41, 5.74) is 0.180. The van der Waals surface area contributed by atoms with Crippen LogP contribution in [0.25, 0.3) is 0 Å². The van der Waals surface area contributed by atoms with Crippen LogP contribution in [0.2, 0.25) is 0 Å². The fourth-order valence-electron chi connectivity index (χ4n) is 0.687. The summed E-state index contributed by atoms with van der Waals surface area (Å²) in [6, 6.07) is 1.85. The van der Waals surface area contributed by atoms with Gasteiger partial charge in [0.15, 0.2) is 10.9 Å². The molecule has 0 radical (unpaired) electrons. The number of hydroxylamine groups is 2. The fourth-order valence-corrected chi connectivity index (χ4v) is 0.917. The zero-order chi connectivity index (χ0) is 8.27. The molecule has 0 saturated heterocycles. The minimum absolute atomic E-state index is 0.180. The molecule has 0 atom stereocenters. The maximum Gasteiger partial charge on any atom is 0.177 e. The number of hydrogen-bond donors (Lipinski definition) is 0. The molecular weight excluding hydrogens is 166 g/mol. The molecule has 0 aromatic heterocycles. The van der Waals surface area contributed by atoms with Crippen molar-refractivity contribution in [2.24, 2.45) is 4.99 Å². The van der Waals surface area contributed by atoms with Gasteiger partial charge in [-0.05, 0) is 0 Å². The van der Waals surface area contributed by atoms with Crippen molar-refractivity contribution in [1.82, 2.24) is 5.06 Å². The van der Waals surface area contributed by atoms with Crippen LogP contribution in [-0.4, -0.2) is 24.9 Å². The second-order valence-corrected chi connectivity index (χ2v) is 2.16. The molecule has 0 saturated carbocycles. The van der Waals surface area contributed by atoms with Crippen molar-refractivity contribution in [3.63, 3.8) is 0 Å². The Kier molecular flexibility index (Phi) is 2.47. The fraction of sp³-hybridized carbons (Fsp3) is 0.333. The maximum atomic E-state index is 8.49. The maximum absolute atomic E-state index is 8.49. The summed E-state index contributed by atoms with van der Waals surface area (Å²) in [5, 5.41) is 10.1. The third-order valence-electron chi connectivity index (χ3n) is 1.21. The number of halogens is 1. The van der Waals surface area contributed by atoms with Crippen LogP contribution in [0.5, 0.6) is 0 Å². The number of nitriles is 1. The average Bonchev–Trinajstić information content (AvgIpc) is 2.05. The van der Waals surface area contributed by atoms with Gasteiger partial charge in [0.2, 0.25) is 0 Å². The molecule has 1 heterocycles. The van der Waals surface area contributed by atoms with Gasteiger partial charge < -0.3 is 0 Å². The highest BCUT2D eigenvalue weighted by Crippen LogP contribution is 2.17. The predicted octanol–water partition coefficient (Wildman–Crippen LogP) is 0.866. The largest absolute Gasteiger partial charge is 0.275 e. The third kappa shape index (κ3) is 1.50. The van der Waals surface area contributed by atoms with Gasteiger partial charge in [0.25, 0.3) is 0 Å². The first-order chi connectivity index (χ1) is 5.29. The molecule has 1 rings (SSSR count). The zero-order valence-electron chi connectivity index (χ0n) is 5.91. The highest BCUT2D eigenvalue weighted by atomic mass is 35.5. The lowest BCUT2D eigenvalue weighted by Gasteiger charge is -2.20. The van der Waals surface area contributed by atoms with E-state index in [0.717, 1.165) is 0 Å².